The van der Waals surface area contributed by atoms with Crippen molar-refractivity contribution in [3.05, 3.63) is 34.8 Å². The van der Waals surface area contributed by atoms with Gasteiger partial charge in [0.1, 0.15) is 5.01 Å². The van der Waals surface area contributed by atoms with E-state index in [2.05, 4.69) is 27.8 Å². The Labute approximate surface area is 186 Å². The number of hydrogen-bond acceptors (Lipinski definition) is 6. The predicted molar refractivity (Wildman–Crippen MR) is 121 cm³/mol. The van der Waals surface area contributed by atoms with E-state index in [1.807, 2.05) is 20.8 Å². The lowest BCUT2D eigenvalue weighted by atomic mass is 9.98. The molecule has 2 heterocycles. The average molecular weight is 444 g/mol. The van der Waals surface area contributed by atoms with Gasteiger partial charge >= 0.3 is 0 Å². The van der Waals surface area contributed by atoms with Gasteiger partial charge in [0.05, 0.1) is 5.92 Å². The van der Waals surface area contributed by atoms with Gasteiger partial charge in [-0.2, -0.15) is 0 Å². The van der Waals surface area contributed by atoms with Crippen molar-refractivity contribution in [2.45, 2.75) is 52.4 Å². The van der Waals surface area contributed by atoms with Crippen molar-refractivity contribution >= 4 is 39.9 Å². The van der Waals surface area contributed by atoms with Crippen molar-refractivity contribution in [3.63, 3.8) is 0 Å². The first-order valence-corrected chi connectivity index (χ1v) is 11.3. The SMILES string of the molecule is CCCCN1CC(C(=O)Nc2ccc(C(=O)Nc3nnc(C(C)(C)C)s3)cc2)CC1=O. The van der Waals surface area contributed by atoms with Crippen LogP contribution in [0.15, 0.2) is 24.3 Å². The fourth-order valence-electron chi connectivity index (χ4n) is 3.21. The molecule has 3 rings (SSSR count). The molecule has 1 fully saturated rings. The zero-order chi connectivity index (χ0) is 22.6. The van der Waals surface area contributed by atoms with Gasteiger partial charge in [-0.1, -0.05) is 45.5 Å². The summed E-state index contributed by atoms with van der Waals surface area (Å²) in [5, 5.41) is 15.1. The van der Waals surface area contributed by atoms with Gasteiger partial charge in [0.2, 0.25) is 16.9 Å². The highest BCUT2D eigenvalue weighted by molar-refractivity contribution is 7.15. The molecular formula is C22H29N5O3S. The smallest absolute Gasteiger partial charge is 0.257 e. The maximum Gasteiger partial charge on any atom is 0.257 e. The number of nitrogens with zero attached hydrogens (tertiary/aromatic N) is 3. The van der Waals surface area contributed by atoms with E-state index >= 15 is 0 Å². The summed E-state index contributed by atoms with van der Waals surface area (Å²) in [7, 11) is 0. The van der Waals surface area contributed by atoms with Crippen molar-refractivity contribution in [2.24, 2.45) is 5.92 Å². The van der Waals surface area contributed by atoms with E-state index in [4.69, 9.17) is 0 Å². The van der Waals surface area contributed by atoms with E-state index in [1.54, 1.807) is 29.2 Å². The number of carbonyl (C=O) groups is 3. The Kier molecular flexibility index (Phi) is 7.04. The summed E-state index contributed by atoms with van der Waals surface area (Å²) in [5.74, 6) is -0.774. The monoisotopic (exact) mass is 443 g/mol. The lowest BCUT2D eigenvalue weighted by Gasteiger charge is -2.16. The number of anilines is 2. The van der Waals surface area contributed by atoms with Gasteiger partial charge in [-0.3, -0.25) is 19.7 Å². The number of carbonyl (C=O) groups excluding carboxylic acids is 3. The Hall–Kier alpha value is -2.81. The predicted octanol–water partition coefficient (Wildman–Crippen LogP) is 3.68. The topological polar surface area (TPSA) is 104 Å². The maximum absolute atomic E-state index is 12.5. The number of unbranched alkanes of at least 4 members (excludes halogenated alkanes) is 1. The van der Waals surface area contributed by atoms with Crippen molar-refractivity contribution < 1.29 is 14.4 Å². The van der Waals surface area contributed by atoms with Crippen molar-refractivity contribution in [2.75, 3.05) is 23.7 Å². The lowest BCUT2D eigenvalue weighted by molar-refractivity contribution is -0.128. The van der Waals surface area contributed by atoms with Crippen LogP contribution in [-0.2, 0) is 15.0 Å². The van der Waals surface area contributed by atoms with Crippen LogP contribution in [0, 0.1) is 5.92 Å². The fraction of sp³-hybridized carbons (Fsp3) is 0.500. The highest BCUT2D eigenvalue weighted by Gasteiger charge is 2.33. The first kappa shape index (κ1) is 22.9. The van der Waals surface area contributed by atoms with Gasteiger partial charge in [0.25, 0.3) is 5.91 Å². The second-order valence-electron chi connectivity index (χ2n) is 8.78. The number of benzene rings is 1. The molecule has 1 saturated heterocycles. The minimum atomic E-state index is -0.346. The van der Waals surface area contributed by atoms with Gasteiger partial charge in [-0.05, 0) is 30.7 Å². The van der Waals surface area contributed by atoms with Crippen LogP contribution in [0.5, 0.6) is 0 Å². The number of amides is 3. The maximum atomic E-state index is 12.5. The van der Waals surface area contributed by atoms with Crippen LogP contribution >= 0.6 is 11.3 Å². The summed E-state index contributed by atoms with van der Waals surface area (Å²) in [4.78, 5) is 38.8. The van der Waals surface area contributed by atoms with E-state index in [9.17, 15) is 14.4 Å². The molecule has 1 aromatic heterocycles. The van der Waals surface area contributed by atoms with Gasteiger partial charge in [0.15, 0.2) is 0 Å². The molecule has 0 spiro atoms. The van der Waals surface area contributed by atoms with E-state index in [0.29, 0.717) is 29.5 Å². The van der Waals surface area contributed by atoms with E-state index in [0.717, 1.165) is 17.8 Å². The number of hydrogen-bond donors (Lipinski definition) is 2. The standard InChI is InChI=1S/C22H29N5O3S/c1-5-6-11-27-13-15(12-17(27)28)19(30)23-16-9-7-14(8-10-16)18(29)24-21-26-25-20(31-21)22(2,3)4/h7-10,15H,5-6,11-13H2,1-4H3,(H,23,30)(H,24,26,29). The molecule has 166 valence electrons. The molecule has 1 unspecified atom stereocenters. The Bertz CT molecular complexity index is 949. The van der Waals surface area contributed by atoms with Crippen LogP contribution < -0.4 is 10.6 Å². The third kappa shape index (κ3) is 5.88. The summed E-state index contributed by atoms with van der Waals surface area (Å²) in [5.41, 5.74) is 0.913. The lowest BCUT2D eigenvalue weighted by Crippen LogP contribution is -2.29. The summed E-state index contributed by atoms with van der Waals surface area (Å²) >= 11 is 1.35. The van der Waals surface area contributed by atoms with Crippen molar-refractivity contribution in [3.8, 4) is 0 Å². The molecule has 3 amide bonds. The minimum absolute atomic E-state index is 0.0342. The van der Waals surface area contributed by atoms with Crippen molar-refractivity contribution in [1.82, 2.24) is 15.1 Å². The van der Waals surface area contributed by atoms with E-state index < -0.39 is 0 Å². The van der Waals surface area contributed by atoms with Gasteiger partial charge in [-0.25, -0.2) is 0 Å². The van der Waals surface area contributed by atoms with Gasteiger partial charge in [-0.15, -0.1) is 10.2 Å². The molecular weight excluding hydrogens is 414 g/mol. The van der Waals surface area contributed by atoms with Gasteiger partial charge < -0.3 is 10.2 Å². The summed E-state index contributed by atoms with van der Waals surface area (Å²) in [6.07, 6.45) is 2.20. The Morgan fingerprint density at radius 2 is 1.87 bits per heavy atom. The summed E-state index contributed by atoms with van der Waals surface area (Å²) < 4.78 is 0. The molecule has 2 aromatic rings. The molecule has 0 radical (unpaired) electrons. The quantitative estimate of drug-likeness (QED) is 0.679. The van der Waals surface area contributed by atoms with E-state index in [-0.39, 0.29) is 35.5 Å². The number of rotatable bonds is 7. The molecule has 0 aliphatic carbocycles. The molecule has 0 bridgehead atoms. The number of aromatic nitrogens is 2. The molecule has 1 atom stereocenters. The second-order valence-corrected chi connectivity index (χ2v) is 9.75. The molecule has 0 saturated carbocycles. The Morgan fingerprint density at radius 1 is 1.16 bits per heavy atom. The number of nitrogens with one attached hydrogen (secondary N) is 2. The molecule has 2 N–H and O–H groups in total. The molecule has 8 nitrogen and oxygen atoms in total. The third-order valence-corrected chi connectivity index (χ3v) is 6.33. The first-order valence-electron chi connectivity index (χ1n) is 10.5. The zero-order valence-corrected chi connectivity index (χ0v) is 19.2. The average Bonchev–Trinajstić information content (AvgIpc) is 3.33. The fourth-order valence-corrected chi connectivity index (χ4v) is 4.00. The van der Waals surface area contributed by atoms with Crippen LogP contribution in [0.3, 0.4) is 0 Å². The Balaban J connectivity index is 1.55. The number of likely N-dealkylation sites (tertiary alicyclic amines) is 1. The van der Waals surface area contributed by atoms with E-state index in [1.165, 1.54) is 11.3 Å². The summed E-state index contributed by atoms with van der Waals surface area (Å²) in [6.45, 7) is 9.35. The van der Waals surface area contributed by atoms with Crippen LogP contribution in [0.2, 0.25) is 0 Å². The zero-order valence-electron chi connectivity index (χ0n) is 18.4. The van der Waals surface area contributed by atoms with Crippen LogP contribution in [-0.4, -0.2) is 45.9 Å². The molecule has 1 aliphatic heterocycles. The third-order valence-electron chi connectivity index (χ3n) is 5.07. The normalized spacial score (nSPS) is 16.5. The molecule has 31 heavy (non-hydrogen) atoms. The van der Waals surface area contributed by atoms with Crippen LogP contribution in [0.4, 0.5) is 10.8 Å². The molecule has 1 aliphatic rings. The Morgan fingerprint density at radius 3 is 2.48 bits per heavy atom. The van der Waals surface area contributed by atoms with Crippen LogP contribution in [0.1, 0.15) is 62.3 Å². The highest BCUT2D eigenvalue weighted by atomic mass is 32.1. The van der Waals surface area contributed by atoms with Crippen LogP contribution in [0.25, 0.3) is 0 Å². The highest BCUT2D eigenvalue weighted by Crippen LogP contribution is 2.28. The molecule has 9 heteroatoms. The first-order chi connectivity index (χ1) is 14.7. The second kappa shape index (κ2) is 9.55. The van der Waals surface area contributed by atoms with Crippen molar-refractivity contribution in [1.29, 1.82) is 0 Å². The summed E-state index contributed by atoms with van der Waals surface area (Å²) in [6, 6.07) is 6.65. The minimum Gasteiger partial charge on any atom is -0.342 e. The largest absolute Gasteiger partial charge is 0.342 e. The molecule has 1 aromatic carbocycles. The van der Waals surface area contributed by atoms with Gasteiger partial charge in [0, 0.05) is 36.2 Å².